The molecule has 0 spiro atoms. The Kier molecular flexibility index (Phi) is 4.15. The third kappa shape index (κ3) is 4.34. The van der Waals surface area contributed by atoms with Crippen molar-refractivity contribution >= 4 is 10.1 Å². The SMILES string of the molecule is CCCCS(=O)(=O)Oc1ccc(C)cc1. The summed E-state index contributed by atoms with van der Waals surface area (Å²) in [7, 11) is -3.41. The first-order valence-electron chi connectivity index (χ1n) is 5.02. The maximum Gasteiger partial charge on any atom is 0.309 e. The fourth-order valence-corrected chi connectivity index (χ4v) is 2.23. The predicted octanol–water partition coefficient (Wildman–Crippen LogP) is 2.50. The van der Waals surface area contributed by atoms with Crippen LogP contribution in [-0.4, -0.2) is 14.2 Å². The summed E-state index contributed by atoms with van der Waals surface area (Å²) in [5, 5.41) is 0. The first-order valence-corrected chi connectivity index (χ1v) is 6.60. The van der Waals surface area contributed by atoms with E-state index >= 15 is 0 Å². The van der Waals surface area contributed by atoms with Crippen LogP contribution < -0.4 is 4.18 Å². The third-order valence-electron chi connectivity index (χ3n) is 1.99. The Bertz CT molecular complexity index is 392. The number of rotatable bonds is 5. The van der Waals surface area contributed by atoms with Gasteiger partial charge in [0.1, 0.15) is 5.75 Å². The molecule has 0 aromatic heterocycles. The molecule has 0 aliphatic carbocycles. The molecule has 4 heteroatoms. The van der Waals surface area contributed by atoms with Crippen LogP contribution in [0.3, 0.4) is 0 Å². The van der Waals surface area contributed by atoms with Crippen LogP contribution in [0.1, 0.15) is 25.3 Å². The maximum atomic E-state index is 11.4. The van der Waals surface area contributed by atoms with Crippen molar-refractivity contribution in [3.63, 3.8) is 0 Å². The van der Waals surface area contributed by atoms with Crippen LogP contribution in [0.25, 0.3) is 0 Å². The molecule has 0 amide bonds. The largest absolute Gasteiger partial charge is 0.382 e. The van der Waals surface area contributed by atoms with Crippen LogP contribution in [-0.2, 0) is 10.1 Å². The molecule has 0 radical (unpaired) electrons. The zero-order chi connectivity index (χ0) is 11.3. The van der Waals surface area contributed by atoms with Gasteiger partial charge < -0.3 is 4.18 Å². The fourth-order valence-electron chi connectivity index (χ4n) is 1.10. The minimum atomic E-state index is -3.41. The van der Waals surface area contributed by atoms with Crippen molar-refractivity contribution in [2.24, 2.45) is 0 Å². The van der Waals surface area contributed by atoms with Gasteiger partial charge in [-0.05, 0) is 25.5 Å². The number of aryl methyl sites for hydroxylation is 1. The van der Waals surface area contributed by atoms with Gasteiger partial charge in [0.2, 0.25) is 0 Å². The summed E-state index contributed by atoms with van der Waals surface area (Å²) in [5.74, 6) is 0.467. The normalized spacial score (nSPS) is 11.3. The Balaban J connectivity index is 2.65. The van der Waals surface area contributed by atoms with Crippen molar-refractivity contribution in [1.29, 1.82) is 0 Å². The monoisotopic (exact) mass is 228 g/mol. The van der Waals surface area contributed by atoms with Gasteiger partial charge in [-0.2, -0.15) is 8.42 Å². The van der Waals surface area contributed by atoms with E-state index < -0.39 is 10.1 Å². The second-order valence-corrected chi connectivity index (χ2v) is 5.20. The van der Waals surface area contributed by atoms with Crippen molar-refractivity contribution in [2.75, 3.05) is 5.75 Å². The molecule has 0 saturated carbocycles. The Morgan fingerprint density at radius 2 is 1.80 bits per heavy atom. The number of benzene rings is 1. The van der Waals surface area contributed by atoms with Crippen LogP contribution in [0.5, 0.6) is 5.75 Å². The van der Waals surface area contributed by atoms with E-state index in [-0.39, 0.29) is 5.75 Å². The van der Waals surface area contributed by atoms with Crippen molar-refractivity contribution in [2.45, 2.75) is 26.7 Å². The van der Waals surface area contributed by atoms with Crippen molar-refractivity contribution in [1.82, 2.24) is 0 Å². The average Bonchev–Trinajstić information content (AvgIpc) is 2.18. The third-order valence-corrected chi connectivity index (χ3v) is 3.23. The van der Waals surface area contributed by atoms with Crippen LogP contribution >= 0.6 is 0 Å². The van der Waals surface area contributed by atoms with Gasteiger partial charge in [-0.3, -0.25) is 0 Å². The number of hydrogen-bond donors (Lipinski definition) is 0. The quantitative estimate of drug-likeness (QED) is 0.727. The van der Waals surface area contributed by atoms with E-state index in [1.807, 2.05) is 26.0 Å². The summed E-state index contributed by atoms with van der Waals surface area (Å²) in [6.07, 6.45) is 1.48. The first kappa shape index (κ1) is 12.0. The molecule has 0 saturated heterocycles. The highest BCUT2D eigenvalue weighted by atomic mass is 32.2. The molecule has 0 aliphatic rings. The molecular weight excluding hydrogens is 212 g/mol. The van der Waals surface area contributed by atoms with Gasteiger partial charge in [-0.25, -0.2) is 0 Å². The molecule has 1 rings (SSSR count). The van der Waals surface area contributed by atoms with Crippen molar-refractivity contribution < 1.29 is 12.6 Å². The summed E-state index contributed by atoms with van der Waals surface area (Å²) in [4.78, 5) is 0. The fraction of sp³-hybridized carbons (Fsp3) is 0.455. The lowest BCUT2D eigenvalue weighted by molar-refractivity contribution is 0.483. The molecule has 15 heavy (non-hydrogen) atoms. The summed E-state index contributed by atoms with van der Waals surface area (Å²) >= 11 is 0. The zero-order valence-corrected chi connectivity index (χ0v) is 9.88. The molecule has 0 fully saturated rings. The lowest BCUT2D eigenvalue weighted by Crippen LogP contribution is -2.13. The smallest absolute Gasteiger partial charge is 0.309 e. The van der Waals surface area contributed by atoms with Crippen LogP contribution in [0.2, 0.25) is 0 Å². The van der Waals surface area contributed by atoms with Gasteiger partial charge in [0.25, 0.3) is 0 Å². The van der Waals surface area contributed by atoms with Gasteiger partial charge in [-0.1, -0.05) is 31.0 Å². The predicted molar refractivity (Wildman–Crippen MR) is 60.5 cm³/mol. The van der Waals surface area contributed by atoms with Crippen LogP contribution in [0, 0.1) is 6.92 Å². The summed E-state index contributed by atoms with van der Waals surface area (Å²) < 4.78 is 27.8. The molecule has 0 atom stereocenters. The molecule has 0 heterocycles. The minimum Gasteiger partial charge on any atom is -0.382 e. The van der Waals surface area contributed by atoms with E-state index in [9.17, 15) is 8.42 Å². The van der Waals surface area contributed by atoms with E-state index in [1.54, 1.807) is 12.1 Å². The highest BCUT2D eigenvalue weighted by molar-refractivity contribution is 7.87. The summed E-state index contributed by atoms with van der Waals surface area (Å²) in [5.41, 5.74) is 1.08. The second kappa shape index (κ2) is 5.16. The number of unbranched alkanes of at least 4 members (excludes halogenated alkanes) is 1. The van der Waals surface area contributed by atoms with Gasteiger partial charge in [0.15, 0.2) is 0 Å². The van der Waals surface area contributed by atoms with E-state index in [0.29, 0.717) is 12.2 Å². The van der Waals surface area contributed by atoms with Crippen LogP contribution in [0.15, 0.2) is 24.3 Å². The second-order valence-electron chi connectivity index (χ2n) is 3.51. The zero-order valence-electron chi connectivity index (χ0n) is 9.06. The first-order chi connectivity index (χ1) is 7.03. The molecule has 84 valence electrons. The van der Waals surface area contributed by atoms with Crippen molar-refractivity contribution in [3.05, 3.63) is 29.8 Å². The minimum absolute atomic E-state index is 0.0807. The van der Waals surface area contributed by atoms with Crippen molar-refractivity contribution in [3.8, 4) is 5.75 Å². The molecule has 0 unspecified atom stereocenters. The Hall–Kier alpha value is -1.03. The standard InChI is InChI=1S/C11H16O3S/c1-3-4-9-15(12,13)14-11-7-5-10(2)6-8-11/h5-8H,3-4,9H2,1-2H3. The summed E-state index contributed by atoms with van der Waals surface area (Å²) in [6, 6.07) is 6.98. The lowest BCUT2D eigenvalue weighted by atomic mass is 10.2. The Morgan fingerprint density at radius 1 is 1.20 bits per heavy atom. The molecule has 0 aliphatic heterocycles. The number of hydrogen-bond acceptors (Lipinski definition) is 3. The highest BCUT2D eigenvalue weighted by Gasteiger charge is 2.11. The molecule has 1 aromatic carbocycles. The average molecular weight is 228 g/mol. The van der Waals surface area contributed by atoms with Crippen LogP contribution in [0.4, 0.5) is 0 Å². The van der Waals surface area contributed by atoms with Gasteiger partial charge in [0.05, 0.1) is 5.75 Å². The highest BCUT2D eigenvalue weighted by Crippen LogP contribution is 2.14. The van der Waals surface area contributed by atoms with E-state index in [0.717, 1.165) is 12.0 Å². The molecular formula is C11H16O3S. The topological polar surface area (TPSA) is 43.4 Å². The van der Waals surface area contributed by atoms with Gasteiger partial charge >= 0.3 is 10.1 Å². The molecule has 0 N–H and O–H groups in total. The van der Waals surface area contributed by atoms with Gasteiger partial charge in [0, 0.05) is 0 Å². The lowest BCUT2D eigenvalue weighted by Gasteiger charge is -2.06. The summed E-state index contributed by atoms with van der Waals surface area (Å²) in [6.45, 7) is 3.89. The molecule has 0 bridgehead atoms. The van der Waals surface area contributed by atoms with E-state index in [4.69, 9.17) is 4.18 Å². The Labute approximate surface area is 91.2 Å². The Morgan fingerprint density at radius 3 is 2.33 bits per heavy atom. The maximum absolute atomic E-state index is 11.4. The molecule has 1 aromatic rings. The van der Waals surface area contributed by atoms with E-state index in [2.05, 4.69) is 0 Å². The van der Waals surface area contributed by atoms with E-state index in [1.165, 1.54) is 0 Å². The molecule has 3 nitrogen and oxygen atoms in total. The van der Waals surface area contributed by atoms with Gasteiger partial charge in [-0.15, -0.1) is 0 Å².